The summed E-state index contributed by atoms with van der Waals surface area (Å²) in [5.74, 6) is 0. The summed E-state index contributed by atoms with van der Waals surface area (Å²) in [5, 5.41) is 0. The molecule has 11 heteroatoms. The summed E-state index contributed by atoms with van der Waals surface area (Å²) >= 11 is 0. The van der Waals surface area contributed by atoms with E-state index in [0.717, 1.165) is 10.5 Å². The van der Waals surface area contributed by atoms with Crippen LogP contribution in [0.2, 0.25) is 26.2 Å². The van der Waals surface area contributed by atoms with E-state index in [1.165, 1.54) is 0 Å². The molecule has 0 N–H and O–H groups in total. The Hall–Kier alpha value is 1.10. The normalized spacial score (nSPS) is 16.8. The maximum atomic E-state index is 5.84. The highest BCUT2D eigenvalue weighted by Gasteiger charge is 2.19. The van der Waals surface area contributed by atoms with Crippen molar-refractivity contribution in [2.45, 2.75) is 26.2 Å². The van der Waals surface area contributed by atoms with Gasteiger partial charge in [-0.3, -0.25) is 0 Å². The van der Waals surface area contributed by atoms with Crippen LogP contribution in [0.5, 0.6) is 0 Å². The average Bonchev–Trinajstić information content (AvgIpc) is 2.08. The third kappa shape index (κ3) is 13.0. The fraction of sp³-hybridized carbons (Fsp3) is 1.00. The Morgan fingerprint density at radius 3 is 2.20 bits per heavy atom. The zero-order valence-electron chi connectivity index (χ0n) is 10.2. The van der Waals surface area contributed by atoms with Gasteiger partial charge in [-0.2, -0.15) is 0 Å². The minimum atomic E-state index is -1.43. The summed E-state index contributed by atoms with van der Waals surface area (Å²) in [5.41, 5.74) is 0. The Kier molecular flexibility index (Phi) is 9.84. The Morgan fingerprint density at radius 2 is 1.67 bits per heavy atom. The van der Waals surface area contributed by atoms with Gasteiger partial charge in [0.05, 0.1) is 0 Å². The molecule has 92 valence electrons. The van der Waals surface area contributed by atoms with Gasteiger partial charge in [0.15, 0.2) is 8.32 Å². The van der Waals surface area contributed by atoms with Gasteiger partial charge in [-0.15, -0.1) is 0 Å². The van der Waals surface area contributed by atoms with Gasteiger partial charge >= 0.3 is 0 Å². The molecule has 0 aromatic rings. The van der Waals surface area contributed by atoms with Crippen LogP contribution in [0.1, 0.15) is 0 Å². The molecular weight excluding hydrogens is 297 g/mol. The first-order valence-electron chi connectivity index (χ1n) is 4.89. The van der Waals surface area contributed by atoms with Crippen LogP contribution in [0.3, 0.4) is 0 Å². The average molecular weight is 319 g/mol. The van der Waals surface area contributed by atoms with Crippen molar-refractivity contribution in [2.75, 3.05) is 0 Å². The molecule has 5 nitrogen and oxygen atoms in total. The van der Waals surface area contributed by atoms with Crippen LogP contribution in [0.15, 0.2) is 0 Å². The monoisotopic (exact) mass is 318 g/mol. The quantitative estimate of drug-likeness (QED) is 0.336. The van der Waals surface area contributed by atoms with Crippen LogP contribution in [0.25, 0.3) is 0 Å². The predicted molar refractivity (Wildman–Crippen MR) is 77.4 cm³/mol. The van der Waals surface area contributed by atoms with Crippen LogP contribution < -0.4 is 0 Å². The van der Waals surface area contributed by atoms with Crippen molar-refractivity contribution in [3.8, 4) is 0 Å². The summed E-state index contributed by atoms with van der Waals surface area (Å²) < 4.78 is 27.1. The van der Waals surface area contributed by atoms with Crippen molar-refractivity contribution in [2.24, 2.45) is 0 Å². The van der Waals surface area contributed by atoms with Crippen molar-refractivity contribution < 1.29 is 20.6 Å². The molecule has 0 spiro atoms. The smallest absolute Gasteiger partial charge is 0.298 e. The topological polar surface area (TPSA) is 46.2 Å². The molecule has 1 unspecified atom stereocenters. The maximum Gasteiger partial charge on any atom is 0.298 e. The van der Waals surface area contributed by atoms with E-state index >= 15 is 0 Å². The van der Waals surface area contributed by atoms with E-state index in [2.05, 4.69) is 26.2 Å². The summed E-state index contributed by atoms with van der Waals surface area (Å²) in [6, 6.07) is 0. The lowest BCUT2D eigenvalue weighted by molar-refractivity contribution is 0.374. The first-order valence-corrected chi connectivity index (χ1v) is 14.7. The van der Waals surface area contributed by atoms with E-state index < -0.39 is 47.6 Å². The molecule has 0 bridgehead atoms. The van der Waals surface area contributed by atoms with Gasteiger partial charge in [-0.05, 0) is 26.2 Å². The standard InChI is InChI=1S/C4H22O5Si6/c1-14(9-15(2,3)4)8-13-7-12-6-11-5-10/h14H,11-13H2,1-4,10H3. The maximum absolute atomic E-state index is 5.84. The molecule has 0 aliphatic heterocycles. The lowest BCUT2D eigenvalue weighted by Gasteiger charge is -2.22. The first kappa shape index (κ1) is 16.1. The molecule has 0 aliphatic rings. The van der Waals surface area contributed by atoms with Gasteiger partial charge in [0.25, 0.3) is 39.3 Å². The van der Waals surface area contributed by atoms with Crippen molar-refractivity contribution in [1.82, 2.24) is 0 Å². The molecule has 15 heavy (non-hydrogen) atoms. The summed E-state index contributed by atoms with van der Waals surface area (Å²) in [6.07, 6.45) is 0. The molecule has 0 aromatic carbocycles. The van der Waals surface area contributed by atoms with Crippen LogP contribution in [-0.2, 0) is 20.6 Å². The van der Waals surface area contributed by atoms with E-state index in [9.17, 15) is 0 Å². The van der Waals surface area contributed by atoms with Crippen molar-refractivity contribution >= 4 is 58.1 Å². The zero-order valence-corrected chi connectivity index (χ0v) is 18.6. The van der Waals surface area contributed by atoms with Crippen molar-refractivity contribution in [1.29, 1.82) is 0 Å². The Labute approximate surface area is 105 Å². The number of hydrogen-bond acceptors (Lipinski definition) is 5. The summed E-state index contributed by atoms with van der Waals surface area (Å²) in [4.78, 5) is 0. The van der Waals surface area contributed by atoms with Crippen molar-refractivity contribution in [3.05, 3.63) is 0 Å². The lowest BCUT2D eigenvalue weighted by Crippen LogP contribution is -2.36. The molecule has 1 atom stereocenters. The molecule has 0 radical (unpaired) electrons. The predicted octanol–water partition coefficient (Wildman–Crippen LogP) is -2.97. The van der Waals surface area contributed by atoms with Crippen LogP contribution in [-0.4, -0.2) is 58.1 Å². The Balaban J connectivity index is 3.28. The van der Waals surface area contributed by atoms with E-state index in [1.54, 1.807) is 0 Å². The number of hydrogen-bond donors (Lipinski definition) is 0. The van der Waals surface area contributed by atoms with Gasteiger partial charge in [0.1, 0.15) is 10.5 Å². The van der Waals surface area contributed by atoms with Crippen molar-refractivity contribution in [3.63, 3.8) is 0 Å². The third-order valence-electron chi connectivity index (χ3n) is 1.27. The third-order valence-corrected chi connectivity index (χ3v) is 11.5. The van der Waals surface area contributed by atoms with E-state index in [0.29, 0.717) is 0 Å². The van der Waals surface area contributed by atoms with Gasteiger partial charge in [0, 0.05) is 0 Å². The van der Waals surface area contributed by atoms with E-state index in [4.69, 9.17) is 20.6 Å². The largest absolute Gasteiger partial charge is 0.449 e. The minimum absolute atomic E-state index is 0.701. The second kappa shape index (κ2) is 9.16. The minimum Gasteiger partial charge on any atom is -0.449 e. The molecule has 0 saturated carbocycles. The summed E-state index contributed by atoms with van der Waals surface area (Å²) in [6.45, 7) is 8.59. The van der Waals surface area contributed by atoms with Crippen LogP contribution in [0.4, 0.5) is 0 Å². The van der Waals surface area contributed by atoms with Crippen LogP contribution in [0, 0.1) is 0 Å². The lowest BCUT2D eigenvalue weighted by atomic mass is 11.8. The molecule has 0 amide bonds. The van der Waals surface area contributed by atoms with Gasteiger partial charge < -0.3 is 20.6 Å². The van der Waals surface area contributed by atoms with Gasteiger partial charge in [0.2, 0.25) is 0 Å². The SMILES string of the molecule is C[SiH](O[SiH2]O[SiH2]O[SiH2]O[SiH3])O[Si](C)(C)C. The fourth-order valence-corrected chi connectivity index (χ4v) is 12.0. The second-order valence-electron chi connectivity index (χ2n) is 4.01. The van der Waals surface area contributed by atoms with E-state index in [-0.39, 0.29) is 0 Å². The second-order valence-corrected chi connectivity index (χ2v) is 17.9. The molecule has 0 fully saturated rings. The molecule has 0 aromatic heterocycles. The Morgan fingerprint density at radius 1 is 1.07 bits per heavy atom. The zero-order chi connectivity index (χ0) is 11.7. The number of rotatable bonds is 9. The highest BCUT2D eigenvalue weighted by atomic mass is 28.4. The summed E-state index contributed by atoms with van der Waals surface area (Å²) in [7, 11) is -4.46. The molecule has 0 heterocycles. The fourth-order valence-electron chi connectivity index (χ4n) is 0.886. The van der Waals surface area contributed by atoms with Gasteiger partial charge in [-0.25, -0.2) is 0 Å². The highest BCUT2D eigenvalue weighted by Crippen LogP contribution is 2.04. The molecule has 0 saturated heterocycles. The van der Waals surface area contributed by atoms with E-state index in [1.807, 2.05) is 0 Å². The first-order chi connectivity index (χ1) is 6.95. The molecule has 0 rings (SSSR count). The highest BCUT2D eigenvalue weighted by molar-refractivity contribution is 6.76. The van der Waals surface area contributed by atoms with Crippen LogP contribution >= 0.6 is 0 Å². The molecule has 0 aliphatic carbocycles. The molecular formula is C4H22O5Si6. The van der Waals surface area contributed by atoms with Gasteiger partial charge in [-0.1, -0.05) is 0 Å². The Bertz CT molecular complexity index is 153.